The molecule has 0 spiro atoms. The minimum Gasteiger partial charge on any atom is -0.508 e. The van der Waals surface area contributed by atoms with Gasteiger partial charge in [-0.1, -0.05) is 65.8 Å². The number of phenols is 1. The monoisotopic (exact) mass is 356 g/mol. The van der Waals surface area contributed by atoms with Crippen LogP contribution in [0.5, 0.6) is 11.5 Å². The van der Waals surface area contributed by atoms with E-state index in [4.69, 9.17) is 9.84 Å². The van der Waals surface area contributed by atoms with Crippen LogP contribution in [0.1, 0.15) is 77.3 Å². The maximum Gasteiger partial charge on any atom is 0.119 e. The number of ether oxygens (including phenoxy) is 1. The summed E-state index contributed by atoms with van der Waals surface area (Å²) in [7, 11) is 0. The summed E-state index contributed by atoms with van der Waals surface area (Å²) in [6, 6.07) is 15.9. The lowest BCUT2D eigenvalue weighted by Crippen LogP contribution is -2.04. The van der Waals surface area contributed by atoms with Gasteiger partial charge >= 0.3 is 0 Å². The molecule has 0 aliphatic rings. The first-order valence-corrected chi connectivity index (χ1v) is 9.88. The Hall–Kier alpha value is -1.96. The van der Waals surface area contributed by atoms with Gasteiger partial charge in [0.1, 0.15) is 11.5 Å². The first-order chi connectivity index (χ1) is 12.4. The van der Waals surface area contributed by atoms with Gasteiger partial charge in [0.05, 0.1) is 6.61 Å². The fraction of sp³-hybridized carbons (Fsp3) is 0.500. The fourth-order valence-electron chi connectivity index (χ4n) is 2.48. The molecule has 2 aromatic rings. The van der Waals surface area contributed by atoms with Crippen LogP contribution < -0.4 is 4.74 Å². The van der Waals surface area contributed by atoms with E-state index >= 15 is 0 Å². The average Bonchev–Trinajstić information content (AvgIpc) is 2.65. The van der Waals surface area contributed by atoms with Crippen molar-refractivity contribution in [2.24, 2.45) is 5.92 Å². The Bertz CT molecular complexity index is 634. The van der Waals surface area contributed by atoms with Gasteiger partial charge in [-0.15, -0.1) is 0 Å². The highest BCUT2D eigenvalue weighted by atomic mass is 16.5. The molecule has 144 valence electrons. The summed E-state index contributed by atoms with van der Waals surface area (Å²) in [5.74, 6) is 3.11. The molecular weight excluding hydrogens is 320 g/mol. The van der Waals surface area contributed by atoms with Crippen LogP contribution in [0.15, 0.2) is 48.5 Å². The Balaban J connectivity index is 0.000000273. The van der Waals surface area contributed by atoms with Crippen LogP contribution >= 0.6 is 0 Å². The first-order valence-electron chi connectivity index (χ1n) is 9.88. The maximum absolute atomic E-state index is 9.16. The Kier molecular flexibility index (Phi) is 9.87. The molecule has 0 aromatic heterocycles. The molecule has 0 saturated carbocycles. The Morgan fingerprint density at radius 3 is 1.85 bits per heavy atom. The van der Waals surface area contributed by atoms with Crippen LogP contribution in [0.4, 0.5) is 0 Å². The summed E-state index contributed by atoms with van der Waals surface area (Å²) in [4.78, 5) is 0. The Morgan fingerprint density at radius 1 is 0.808 bits per heavy atom. The topological polar surface area (TPSA) is 29.5 Å². The van der Waals surface area contributed by atoms with Gasteiger partial charge in [-0.2, -0.15) is 0 Å². The summed E-state index contributed by atoms with van der Waals surface area (Å²) in [5, 5.41) is 9.16. The van der Waals surface area contributed by atoms with E-state index in [1.807, 2.05) is 24.3 Å². The highest BCUT2D eigenvalue weighted by Gasteiger charge is 2.04. The van der Waals surface area contributed by atoms with Crippen LogP contribution in [-0.4, -0.2) is 11.7 Å². The molecule has 0 radical (unpaired) electrons. The van der Waals surface area contributed by atoms with Crippen LogP contribution in [0.2, 0.25) is 0 Å². The second kappa shape index (κ2) is 11.6. The summed E-state index contributed by atoms with van der Waals surface area (Å²) in [6.45, 7) is 13.9. The number of hydrogen-bond donors (Lipinski definition) is 1. The van der Waals surface area contributed by atoms with Crippen LogP contribution in [-0.2, 0) is 0 Å². The van der Waals surface area contributed by atoms with Crippen molar-refractivity contribution in [2.45, 2.75) is 66.2 Å². The Morgan fingerprint density at radius 2 is 1.35 bits per heavy atom. The van der Waals surface area contributed by atoms with Crippen molar-refractivity contribution in [3.63, 3.8) is 0 Å². The fourth-order valence-corrected chi connectivity index (χ4v) is 2.48. The SMILES string of the molecule is CCC(C)c1cccc(O)c1.CCC(C)c1cccc(OCC(C)C)c1. The third-order valence-corrected chi connectivity index (χ3v) is 4.67. The number of benzene rings is 2. The van der Waals surface area contributed by atoms with Gasteiger partial charge in [-0.05, 0) is 66.0 Å². The quantitative estimate of drug-likeness (QED) is 0.571. The summed E-state index contributed by atoms with van der Waals surface area (Å²) >= 11 is 0. The molecule has 1 N–H and O–H groups in total. The van der Waals surface area contributed by atoms with Gasteiger partial charge in [-0.25, -0.2) is 0 Å². The van der Waals surface area contributed by atoms with E-state index in [2.05, 4.69) is 59.7 Å². The smallest absolute Gasteiger partial charge is 0.119 e. The van der Waals surface area contributed by atoms with Gasteiger partial charge < -0.3 is 9.84 Å². The van der Waals surface area contributed by atoms with Gasteiger partial charge in [0, 0.05) is 0 Å². The standard InChI is InChI=1S/C14H22O.C10H14O/c1-5-12(4)13-7-6-8-14(9-13)15-10-11(2)3;1-3-8(2)9-5-4-6-10(11)7-9/h6-9,11-12H,5,10H2,1-4H3;4-8,11H,3H2,1-2H3. The largest absolute Gasteiger partial charge is 0.508 e. The third-order valence-electron chi connectivity index (χ3n) is 4.67. The predicted octanol–water partition coefficient (Wildman–Crippen LogP) is 7.14. The number of phenolic OH excluding ortho intramolecular Hbond substituents is 1. The third kappa shape index (κ3) is 7.95. The van der Waals surface area contributed by atoms with Crippen molar-refractivity contribution in [1.29, 1.82) is 0 Å². The van der Waals surface area contributed by atoms with E-state index in [-0.39, 0.29) is 0 Å². The highest BCUT2D eigenvalue weighted by Crippen LogP contribution is 2.23. The highest BCUT2D eigenvalue weighted by molar-refractivity contribution is 5.30. The van der Waals surface area contributed by atoms with Crippen molar-refractivity contribution in [2.75, 3.05) is 6.61 Å². The van der Waals surface area contributed by atoms with Gasteiger partial charge in [0.25, 0.3) is 0 Å². The zero-order valence-corrected chi connectivity index (χ0v) is 17.3. The lowest BCUT2D eigenvalue weighted by atomic mass is 9.99. The molecule has 2 nitrogen and oxygen atoms in total. The molecule has 0 amide bonds. The molecule has 0 aliphatic carbocycles. The summed E-state index contributed by atoms with van der Waals surface area (Å²) < 4.78 is 5.70. The molecule has 2 unspecified atom stereocenters. The summed E-state index contributed by atoms with van der Waals surface area (Å²) in [6.07, 6.45) is 2.29. The number of hydrogen-bond acceptors (Lipinski definition) is 2. The van der Waals surface area contributed by atoms with Crippen molar-refractivity contribution in [3.05, 3.63) is 59.7 Å². The van der Waals surface area contributed by atoms with E-state index in [1.54, 1.807) is 6.07 Å². The van der Waals surface area contributed by atoms with Gasteiger partial charge in [-0.3, -0.25) is 0 Å². The molecule has 0 saturated heterocycles. The molecule has 0 fully saturated rings. The van der Waals surface area contributed by atoms with Crippen LogP contribution in [0.25, 0.3) is 0 Å². The van der Waals surface area contributed by atoms with Gasteiger partial charge in [0.15, 0.2) is 0 Å². The van der Waals surface area contributed by atoms with Crippen molar-refractivity contribution in [1.82, 2.24) is 0 Å². The molecule has 0 heterocycles. The molecule has 2 rings (SSSR count). The zero-order chi connectivity index (χ0) is 19.5. The molecular formula is C24H36O2. The lowest BCUT2D eigenvalue weighted by Gasteiger charge is -2.12. The van der Waals surface area contributed by atoms with Gasteiger partial charge in [0.2, 0.25) is 0 Å². The van der Waals surface area contributed by atoms with Crippen molar-refractivity contribution >= 4 is 0 Å². The first kappa shape index (κ1) is 22.1. The van der Waals surface area contributed by atoms with Crippen molar-refractivity contribution in [3.8, 4) is 11.5 Å². The molecule has 2 heteroatoms. The van der Waals surface area contributed by atoms with Crippen LogP contribution in [0, 0.1) is 5.92 Å². The maximum atomic E-state index is 9.16. The molecule has 26 heavy (non-hydrogen) atoms. The summed E-state index contributed by atoms with van der Waals surface area (Å²) in [5.41, 5.74) is 2.59. The second-order valence-electron chi connectivity index (χ2n) is 7.49. The second-order valence-corrected chi connectivity index (χ2v) is 7.49. The number of rotatable bonds is 7. The molecule has 0 bridgehead atoms. The zero-order valence-electron chi connectivity index (χ0n) is 17.3. The Labute approximate surface area is 160 Å². The molecule has 0 aliphatic heterocycles. The average molecular weight is 357 g/mol. The van der Waals surface area contributed by atoms with E-state index in [9.17, 15) is 0 Å². The molecule has 2 atom stereocenters. The predicted molar refractivity (Wildman–Crippen MR) is 112 cm³/mol. The van der Waals surface area contributed by atoms with E-state index in [0.29, 0.717) is 23.5 Å². The normalized spacial score (nSPS) is 12.9. The van der Waals surface area contributed by atoms with E-state index in [0.717, 1.165) is 18.8 Å². The lowest BCUT2D eigenvalue weighted by molar-refractivity contribution is 0.270. The minimum absolute atomic E-state index is 0.364. The number of aromatic hydroxyl groups is 1. The van der Waals surface area contributed by atoms with E-state index < -0.39 is 0 Å². The molecule has 2 aromatic carbocycles. The minimum atomic E-state index is 0.364. The van der Waals surface area contributed by atoms with Crippen LogP contribution in [0.3, 0.4) is 0 Å². The van der Waals surface area contributed by atoms with Crippen molar-refractivity contribution < 1.29 is 9.84 Å². The van der Waals surface area contributed by atoms with E-state index in [1.165, 1.54) is 17.5 Å².